The first-order valence-electron chi connectivity index (χ1n) is 10.6. The number of alkyl carbamates (subject to hydrolysis) is 1. The SMILES string of the molecule is C[C@H](NC(=O)OCC1c2ccccc2-c2ccccc21)C(=O)N1CCC[C@@H]1CC(=O)O. The van der Waals surface area contributed by atoms with E-state index in [1.807, 2.05) is 36.4 Å². The highest BCUT2D eigenvalue weighted by Crippen LogP contribution is 2.44. The molecule has 1 aliphatic carbocycles. The first-order chi connectivity index (χ1) is 15.0. The van der Waals surface area contributed by atoms with Crippen LogP contribution in [0.2, 0.25) is 0 Å². The molecule has 2 amide bonds. The average Bonchev–Trinajstić information content (AvgIpc) is 3.33. The van der Waals surface area contributed by atoms with Gasteiger partial charge in [-0.1, -0.05) is 48.5 Å². The molecule has 7 nitrogen and oxygen atoms in total. The molecule has 0 unspecified atom stereocenters. The van der Waals surface area contributed by atoms with Gasteiger partial charge in [-0.3, -0.25) is 9.59 Å². The van der Waals surface area contributed by atoms with Crippen LogP contribution in [-0.2, 0) is 14.3 Å². The van der Waals surface area contributed by atoms with Crippen molar-refractivity contribution in [2.24, 2.45) is 0 Å². The van der Waals surface area contributed by atoms with Crippen LogP contribution in [0.1, 0.15) is 43.2 Å². The second kappa shape index (κ2) is 8.79. The van der Waals surface area contributed by atoms with Crippen molar-refractivity contribution in [2.45, 2.75) is 44.2 Å². The molecule has 0 radical (unpaired) electrons. The Balaban J connectivity index is 1.36. The first kappa shape index (κ1) is 20.9. The second-order valence-electron chi connectivity index (χ2n) is 8.12. The fourth-order valence-electron chi connectivity index (χ4n) is 4.67. The summed E-state index contributed by atoms with van der Waals surface area (Å²) in [4.78, 5) is 37.7. The van der Waals surface area contributed by atoms with E-state index in [0.717, 1.165) is 28.7 Å². The van der Waals surface area contributed by atoms with Gasteiger partial charge in [0.1, 0.15) is 12.6 Å². The predicted octanol–water partition coefficient (Wildman–Crippen LogP) is 3.38. The van der Waals surface area contributed by atoms with Crippen molar-refractivity contribution in [3.63, 3.8) is 0 Å². The van der Waals surface area contributed by atoms with Crippen LogP contribution in [0, 0.1) is 0 Å². The maximum atomic E-state index is 12.7. The van der Waals surface area contributed by atoms with Crippen molar-refractivity contribution < 1.29 is 24.2 Å². The number of carbonyl (C=O) groups is 3. The molecule has 0 bridgehead atoms. The molecule has 2 aliphatic rings. The molecule has 1 fully saturated rings. The van der Waals surface area contributed by atoms with Crippen LogP contribution in [0.3, 0.4) is 0 Å². The molecule has 2 N–H and O–H groups in total. The number of fused-ring (bicyclic) bond motifs is 3. The predicted molar refractivity (Wildman–Crippen MR) is 115 cm³/mol. The van der Waals surface area contributed by atoms with E-state index in [1.165, 1.54) is 0 Å². The lowest BCUT2D eigenvalue weighted by Crippen LogP contribution is -2.49. The van der Waals surface area contributed by atoms with E-state index in [4.69, 9.17) is 9.84 Å². The van der Waals surface area contributed by atoms with Gasteiger partial charge >= 0.3 is 12.1 Å². The molecule has 1 saturated heterocycles. The van der Waals surface area contributed by atoms with E-state index in [9.17, 15) is 14.4 Å². The first-order valence-corrected chi connectivity index (χ1v) is 10.6. The third kappa shape index (κ3) is 4.26. The largest absolute Gasteiger partial charge is 0.481 e. The van der Waals surface area contributed by atoms with Crippen LogP contribution in [-0.4, -0.2) is 53.2 Å². The number of hydrogen-bond acceptors (Lipinski definition) is 4. The summed E-state index contributed by atoms with van der Waals surface area (Å²) < 4.78 is 5.50. The number of amides is 2. The maximum absolute atomic E-state index is 12.7. The van der Waals surface area contributed by atoms with Gasteiger partial charge in [0.25, 0.3) is 0 Å². The van der Waals surface area contributed by atoms with Gasteiger partial charge in [-0.25, -0.2) is 4.79 Å². The van der Waals surface area contributed by atoms with Crippen molar-refractivity contribution in [1.29, 1.82) is 0 Å². The monoisotopic (exact) mass is 422 g/mol. The Morgan fingerprint density at radius 1 is 1.10 bits per heavy atom. The van der Waals surface area contributed by atoms with Crippen molar-refractivity contribution in [3.05, 3.63) is 59.7 Å². The van der Waals surface area contributed by atoms with Crippen molar-refractivity contribution in [1.82, 2.24) is 10.2 Å². The van der Waals surface area contributed by atoms with Crippen LogP contribution in [0.5, 0.6) is 0 Å². The zero-order valence-electron chi connectivity index (χ0n) is 17.4. The Kier molecular flexibility index (Phi) is 5.93. The molecule has 31 heavy (non-hydrogen) atoms. The number of likely N-dealkylation sites (tertiary alicyclic amines) is 1. The number of nitrogens with one attached hydrogen (secondary N) is 1. The molecule has 0 spiro atoms. The van der Waals surface area contributed by atoms with Gasteiger partial charge < -0.3 is 20.1 Å². The Hall–Kier alpha value is -3.35. The normalized spacial score (nSPS) is 18.2. The molecule has 2 aromatic carbocycles. The average molecular weight is 422 g/mol. The zero-order valence-corrected chi connectivity index (χ0v) is 17.4. The van der Waals surface area contributed by atoms with E-state index in [0.29, 0.717) is 13.0 Å². The molecule has 0 aromatic heterocycles. The lowest BCUT2D eigenvalue weighted by molar-refractivity contribution is -0.140. The summed E-state index contributed by atoms with van der Waals surface area (Å²) in [5.74, 6) is -1.26. The van der Waals surface area contributed by atoms with Crippen LogP contribution < -0.4 is 5.32 Å². The van der Waals surface area contributed by atoms with Gasteiger partial charge in [-0.15, -0.1) is 0 Å². The fraction of sp³-hybridized carbons (Fsp3) is 0.375. The summed E-state index contributed by atoms with van der Waals surface area (Å²) >= 11 is 0. The summed E-state index contributed by atoms with van der Waals surface area (Å²) in [6.07, 6.45) is 0.692. The van der Waals surface area contributed by atoms with Crippen LogP contribution >= 0.6 is 0 Å². The molecule has 1 aliphatic heterocycles. The van der Waals surface area contributed by atoms with Crippen molar-refractivity contribution in [2.75, 3.05) is 13.2 Å². The number of carboxylic acid groups (broad SMARTS) is 1. The van der Waals surface area contributed by atoms with Crippen molar-refractivity contribution >= 4 is 18.0 Å². The zero-order chi connectivity index (χ0) is 22.0. The minimum absolute atomic E-state index is 0.0531. The maximum Gasteiger partial charge on any atom is 0.407 e. The Bertz CT molecular complexity index is 959. The molecule has 1 heterocycles. The van der Waals surface area contributed by atoms with Gasteiger partial charge in [0.2, 0.25) is 5.91 Å². The summed E-state index contributed by atoms with van der Waals surface area (Å²) in [5, 5.41) is 11.6. The molecule has 0 saturated carbocycles. The topological polar surface area (TPSA) is 95.9 Å². The van der Waals surface area contributed by atoms with Crippen LogP contribution in [0.25, 0.3) is 11.1 Å². The number of rotatable bonds is 6. The van der Waals surface area contributed by atoms with E-state index in [1.54, 1.807) is 11.8 Å². The third-order valence-electron chi connectivity index (χ3n) is 6.12. The standard InChI is InChI=1S/C24H26N2O5/c1-15(23(29)26-12-6-7-16(26)13-22(27)28)25-24(30)31-14-21-19-10-4-2-8-17(19)18-9-3-5-11-20(18)21/h2-5,8-11,15-16,21H,6-7,12-14H2,1H3,(H,25,30)(H,27,28)/t15-,16+/m0/s1. The number of aliphatic carboxylic acids is 1. The highest BCUT2D eigenvalue weighted by molar-refractivity contribution is 5.86. The summed E-state index contributed by atoms with van der Waals surface area (Å²) in [6, 6.07) is 15.1. The van der Waals surface area contributed by atoms with E-state index < -0.39 is 18.1 Å². The molecule has 2 atom stereocenters. The summed E-state index contributed by atoms with van der Waals surface area (Å²) in [5.41, 5.74) is 4.53. The molecule has 2 aromatic rings. The summed E-state index contributed by atoms with van der Waals surface area (Å²) in [6.45, 7) is 2.28. The number of ether oxygens (including phenoxy) is 1. The highest BCUT2D eigenvalue weighted by Gasteiger charge is 2.34. The minimum atomic E-state index is -0.929. The van der Waals surface area contributed by atoms with E-state index in [2.05, 4.69) is 17.4 Å². The van der Waals surface area contributed by atoms with Crippen molar-refractivity contribution in [3.8, 4) is 11.1 Å². The Labute approximate surface area is 181 Å². The summed E-state index contributed by atoms with van der Waals surface area (Å²) in [7, 11) is 0. The molecule has 162 valence electrons. The fourth-order valence-corrected chi connectivity index (χ4v) is 4.67. The lowest BCUT2D eigenvalue weighted by atomic mass is 9.98. The number of nitrogens with zero attached hydrogens (tertiary/aromatic N) is 1. The molecular formula is C24H26N2O5. The van der Waals surface area contributed by atoms with Gasteiger partial charge in [-0.05, 0) is 42.0 Å². The highest BCUT2D eigenvalue weighted by atomic mass is 16.5. The Morgan fingerprint density at radius 3 is 2.32 bits per heavy atom. The van der Waals surface area contributed by atoms with E-state index >= 15 is 0 Å². The number of hydrogen-bond donors (Lipinski definition) is 2. The van der Waals surface area contributed by atoms with Crippen LogP contribution in [0.4, 0.5) is 4.79 Å². The molecule has 4 rings (SSSR count). The van der Waals surface area contributed by atoms with Gasteiger partial charge in [0.15, 0.2) is 0 Å². The number of benzene rings is 2. The Morgan fingerprint density at radius 2 is 1.71 bits per heavy atom. The number of carbonyl (C=O) groups excluding carboxylic acids is 2. The quantitative estimate of drug-likeness (QED) is 0.744. The second-order valence-corrected chi connectivity index (χ2v) is 8.12. The smallest absolute Gasteiger partial charge is 0.407 e. The lowest BCUT2D eigenvalue weighted by Gasteiger charge is -2.27. The van der Waals surface area contributed by atoms with E-state index in [-0.39, 0.29) is 30.9 Å². The molecule has 7 heteroatoms. The third-order valence-corrected chi connectivity index (χ3v) is 6.12. The van der Waals surface area contributed by atoms with Gasteiger partial charge in [0, 0.05) is 18.5 Å². The molecular weight excluding hydrogens is 396 g/mol. The van der Waals surface area contributed by atoms with Gasteiger partial charge in [-0.2, -0.15) is 0 Å². The van der Waals surface area contributed by atoms with Crippen LogP contribution in [0.15, 0.2) is 48.5 Å². The minimum Gasteiger partial charge on any atom is -0.481 e. The van der Waals surface area contributed by atoms with Gasteiger partial charge in [0.05, 0.1) is 6.42 Å². The number of carboxylic acids is 1.